The Bertz CT molecular complexity index is 529. The van der Waals surface area contributed by atoms with Gasteiger partial charge >= 0.3 is 23.7 Å². The minimum absolute atomic E-state index is 0.0380. The number of halogens is 9. The first-order chi connectivity index (χ1) is 12.2. The van der Waals surface area contributed by atoms with Gasteiger partial charge in [0.2, 0.25) is 5.67 Å². The van der Waals surface area contributed by atoms with Crippen LogP contribution in [-0.4, -0.2) is 44.3 Å². The van der Waals surface area contributed by atoms with E-state index in [2.05, 4.69) is 0 Å². The molecule has 0 spiro atoms. The van der Waals surface area contributed by atoms with Crippen LogP contribution in [0, 0.1) is 0 Å². The normalized spacial score (nSPS) is 25.1. The maximum Gasteiger partial charge on any atom is 0.381 e. The highest BCUT2D eigenvalue weighted by Crippen LogP contribution is 2.70. The Balaban J connectivity index is 2.61. The van der Waals surface area contributed by atoms with Crippen LogP contribution in [-0.2, 0) is 4.43 Å². The van der Waals surface area contributed by atoms with Crippen molar-refractivity contribution in [2.75, 3.05) is 6.61 Å². The monoisotopic (exact) mass is 446 g/mol. The van der Waals surface area contributed by atoms with Gasteiger partial charge < -0.3 is 4.43 Å². The van der Waals surface area contributed by atoms with Gasteiger partial charge in [0.05, 0.1) is 0 Å². The third-order valence-electron chi connectivity index (χ3n) is 5.86. The molecule has 11 heteroatoms. The summed E-state index contributed by atoms with van der Waals surface area (Å²) in [5.74, 6) is -25.3. The summed E-state index contributed by atoms with van der Waals surface area (Å²) in [7, 11) is -2.00. The predicted octanol–water partition coefficient (Wildman–Crippen LogP) is 7.22. The highest BCUT2D eigenvalue weighted by Gasteiger charge is 2.99. The zero-order valence-electron chi connectivity index (χ0n) is 16.6. The van der Waals surface area contributed by atoms with E-state index < -0.39 is 50.5 Å². The number of hydrogen-bond donors (Lipinski definition) is 0. The van der Waals surface area contributed by atoms with Gasteiger partial charge in [-0.05, 0) is 37.4 Å². The third kappa shape index (κ3) is 3.58. The summed E-state index contributed by atoms with van der Waals surface area (Å²) in [5, 5.41) is -0.0380. The molecule has 1 rings (SSSR count). The summed E-state index contributed by atoms with van der Waals surface area (Å²) in [6.45, 7) is 10.4. The standard InChI is InChI=1S/C17H27F9OSi/c1-12(2,3)28(4,5)27-11-9-7-6-8-10-13(18)14(19,20)16(23,24)17(25,26)15(13,21)22/h6-11H2,1-5H3. The van der Waals surface area contributed by atoms with Crippen molar-refractivity contribution in [3.05, 3.63) is 0 Å². The third-order valence-corrected chi connectivity index (χ3v) is 10.4. The first-order valence-electron chi connectivity index (χ1n) is 9.05. The number of alkyl halides is 9. The Kier molecular flexibility index (Phi) is 6.72. The topological polar surface area (TPSA) is 9.23 Å². The highest BCUT2D eigenvalue weighted by molar-refractivity contribution is 6.74. The van der Waals surface area contributed by atoms with Crippen LogP contribution in [0.5, 0.6) is 0 Å². The number of rotatable bonds is 8. The van der Waals surface area contributed by atoms with E-state index in [4.69, 9.17) is 4.43 Å². The molecule has 0 N–H and O–H groups in total. The smallest absolute Gasteiger partial charge is 0.381 e. The lowest BCUT2D eigenvalue weighted by molar-refractivity contribution is -0.303. The van der Waals surface area contributed by atoms with Crippen molar-refractivity contribution in [2.45, 2.75) is 100 Å². The molecule has 0 aromatic rings. The molecule has 0 aromatic heterocycles. The van der Waals surface area contributed by atoms with Gasteiger partial charge in [0, 0.05) is 6.61 Å². The molecule has 0 saturated heterocycles. The second kappa shape index (κ2) is 7.35. The fourth-order valence-corrected chi connectivity index (χ4v) is 3.86. The van der Waals surface area contributed by atoms with Gasteiger partial charge in [-0.1, -0.05) is 33.6 Å². The first-order valence-corrected chi connectivity index (χ1v) is 12.0. The van der Waals surface area contributed by atoms with E-state index in [1.807, 2.05) is 33.9 Å². The van der Waals surface area contributed by atoms with E-state index in [1.54, 1.807) is 0 Å². The summed E-state index contributed by atoms with van der Waals surface area (Å²) in [4.78, 5) is 0. The van der Waals surface area contributed by atoms with Gasteiger partial charge in [0.1, 0.15) is 0 Å². The van der Waals surface area contributed by atoms with Gasteiger partial charge in [0.25, 0.3) is 0 Å². The molecule has 0 unspecified atom stereocenters. The van der Waals surface area contributed by atoms with Crippen molar-refractivity contribution in [1.29, 1.82) is 0 Å². The van der Waals surface area contributed by atoms with Gasteiger partial charge in [-0.15, -0.1) is 0 Å². The molecule has 0 radical (unpaired) electrons. The average Bonchev–Trinajstić information content (AvgIpc) is 2.55. The SMILES string of the molecule is CC(C)(C)[Si](C)(C)OCCCCCCC1(F)C(F)(F)C(F)(F)C(F)(F)C1(F)F. The molecule has 1 nitrogen and oxygen atoms in total. The Morgan fingerprint density at radius 1 is 0.643 bits per heavy atom. The van der Waals surface area contributed by atoms with E-state index in [9.17, 15) is 39.5 Å². The molecule has 0 atom stereocenters. The quantitative estimate of drug-likeness (QED) is 0.217. The second-order valence-corrected chi connectivity index (χ2v) is 13.7. The fourth-order valence-electron chi connectivity index (χ4n) is 2.77. The minimum atomic E-state index is -6.48. The second-order valence-electron chi connectivity index (χ2n) is 8.87. The van der Waals surface area contributed by atoms with Crippen molar-refractivity contribution in [1.82, 2.24) is 0 Å². The van der Waals surface area contributed by atoms with Gasteiger partial charge in [-0.25, -0.2) is 4.39 Å². The predicted molar refractivity (Wildman–Crippen MR) is 89.9 cm³/mol. The molecule has 0 amide bonds. The van der Waals surface area contributed by atoms with Crippen LogP contribution in [0.2, 0.25) is 18.1 Å². The summed E-state index contributed by atoms with van der Waals surface area (Å²) >= 11 is 0. The van der Waals surface area contributed by atoms with Crippen molar-refractivity contribution >= 4 is 8.32 Å². The highest BCUT2D eigenvalue weighted by atomic mass is 28.4. The van der Waals surface area contributed by atoms with Crippen LogP contribution < -0.4 is 0 Å². The summed E-state index contributed by atoms with van der Waals surface area (Å²) in [6.07, 6.45) is -1.81. The zero-order chi connectivity index (χ0) is 22.4. The maximum atomic E-state index is 14.2. The summed E-state index contributed by atoms with van der Waals surface area (Å²) in [6, 6.07) is 0. The molecule has 1 saturated carbocycles. The van der Waals surface area contributed by atoms with E-state index >= 15 is 0 Å². The molecule has 1 aliphatic carbocycles. The number of unbranched alkanes of at least 4 members (excludes halogenated alkanes) is 3. The lowest BCUT2D eigenvalue weighted by Crippen LogP contribution is -2.54. The van der Waals surface area contributed by atoms with E-state index in [0.29, 0.717) is 13.0 Å². The fraction of sp³-hybridized carbons (Fsp3) is 1.00. The molecule has 0 bridgehead atoms. The molecule has 1 fully saturated rings. The van der Waals surface area contributed by atoms with E-state index in [1.165, 1.54) is 0 Å². The Labute approximate surface area is 160 Å². The molecular formula is C17H27F9OSi. The van der Waals surface area contributed by atoms with Crippen LogP contribution in [0.25, 0.3) is 0 Å². The van der Waals surface area contributed by atoms with Crippen LogP contribution in [0.3, 0.4) is 0 Å². The molecule has 1 aliphatic rings. The average molecular weight is 446 g/mol. The lowest BCUT2D eigenvalue weighted by atomic mass is 9.90. The Morgan fingerprint density at radius 2 is 1.04 bits per heavy atom. The minimum Gasteiger partial charge on any atom is -0.417 e. The molecule has 0 aliphatic heterocycles. The van der Waals surface area contributed by atoms with Crippen molar-refractivity contribution in [3.63, 3.8) is 0 Å². The molecule has 28 heavy (non-hydrogen) atoms. The molecule has 0 aromatic carbocycles. The molecule has 0 heterocycles. The van der Waals surface area contributed by atoms with Crippen LogP contribution >= 0.6 is 0 Å². The van der Waals surface area contributed by atoms with Crippen LogP contribution in [0.4, 0.5) is 39.5 Å². The van der Waals surface area contributed by atoms with Crippen LogP contribution in [0.1, 0.15) is 52.9 Å². The summed E-state index contributed by atoms with van der Waals surface area (Å²) in [5.41, 5.74) is -5.31. The number of hydrogen-bond acceptors (Lipinski definition) is 1. The van der Waals surface area contributed by atoms with Crippen molar-refractivity contribution in [3.8, 4) is 0 Å². The van der Waals surface area contributed by atoms with Gasteiger partial charge in [-0.2, -0.15) is 35.1 Å². The van der Waals surface area contributed by atoms with Gasteiger partial charge in [0.15, 0.2) is 8.32 Å². The Hall–Kier alpha value is -0.453. The lowest BCUT2D eigenvalue weighted by Gasteiger charge is -2.36. The van der Waals surface area contributed by atoms with Crippen molar-refractivity contribution in [2.24, 2.45) is 0 Å². The van der Waals surface area contributed by atoms with Gasteiger partial charge in [-0.3, -0.25) is 0 Å². The molecule has 168 valence electrons. The maximum absolute atomic E-state index is 14.2. The van der Waals surface area contributed by atoms with E-state index in [-0.39, 0.29) is 17.9 Å². The summed E-state index contributed by atoms with van der Waals surface area (Å²) < 4.78 is 127. The zero-order valence-corrected chi connectivity index (χ0v) is 17.6. The first kappa shape index (κ1) is 25.6. The largest absolute Gasteiger partial charge is 0.417 e. The van der Waals surface area contributed by atoms with Crippen molar-refractivity contribution < 1.29 is 43.9 Å². The van der Waals surface area contributed by atoms with Crippen LogP contribution in [0.15, 0.2) is 0 Å². The molecular weight excluding hydrogens is 419 g/mol. The Morgan fingerprint density at radius 3 is 1.43 bits per heavy atom. The van der Waals surface area contributed by atoms with E-state index in [0.717, 1.165) is 0 Å².